The number of rotatable bonds is 7. The highest BCUT2D eigenvalue weighted by Crippen LogP contribution is 2.44. The van der Waals surface area contributed by atoms with E-state index in [1.165, 1.54) is 18.3 Å². The lowest BCUT2D eigenvalue weighted by atomic mass is 9.90. The van der Waals surface area contributed by atoms with E-state index in [4.69, 9.17) is 13.9 Å². The average Bonchev–Trinajstić information content (AvgIpc) is 3.64. The number of aromatic nitrogens is 2. The number of benzene rings is 3. The van der Waals surface area contributed by atoms with Crippen molar-refractivity contribution in [3.63, 3.8) is 0 Å². The number of hydrogen-bond donors (Lipinski definition) is 2. The molecule has 6 heterocycles. The maximum absolute atomic E-state index is 16.1. The smallest absolute Gasteiger partial charge is 0.270 e. The number of carbonyl (C=O) groups is 3. The lowest BCUT2D eigenvalue weighted by Gasteiger charge is -2.41. The number of nitrogens with zero attached hydrogens (tertiary/aromatic N) is 4. The fraction of sp³-hybridized carbons (Fsp3) is 0.267. The molecule has 6 aromatic rings. The number of imide groups is 1. The third-order valence-electron chi connectivity index (χ3n) is 11.3. The summed E-state index contributed by atoms with van der Waals surface area (Å²) in [6, 6.07) is 17.7. The van der Waals surface area contributed by atoms with E-state index in [-0.39, 0.29) is 47.7 Å². The molecule has 1 atom stereocenters. The molecule has 1 unspecified atom stereocenters. The Kier molecular flexibility index (Phi) is 9.60. The van der Waals surface area contributed by atoms with Crippen LogP contribution >= 0.6 is 0 Å². The molecule has 0 bridgehead atoms. The molecule has 0 saturated carbocycles. The summed E-state index contributed by atoms with van der Waals surface area (Å²) in [6.07, 6.45) is 3.79. The normalized spacial score (nSPS) is 16.6. The van der Waals surface area contributed by atoms with Crippen molar-refractivity contribution in [2.45, 2.75) is 31.8 Å². The minimum Gasteiger partial charge on any atom is -0.490 e. The van der Waals surface area contributed by atoms with Crippen molar-refractivity contribution in [3.8, 4) is 28.7 Å². The van der Waals surface area contributed by atoms with E-state index in [0.29, 0.717) is 58.8 Å². The van der Waals surface area contributed by atoms with Crippen molar-refractivity contribution in [3.05, 3.63) is 112 Å². The van der Waals surface area contributed by atoms with Crippen LogP contribution in [0.2, 0.25) is 0 Å². The predicted octanol–water partition coefficient (Wildman–Crippen LogP) is 5.46. The second-order valence-corrected chi connectivity index (χ2v) is 15.0. The number of fused-ring (bicyclic) bond motifs is 3. The molecule has 0 aliphatic carbocycles. The molecule has 0 spiro atoms. The highest BCUT2D eigenvalue weighted by atomic mass is 19.1. The Balaban J connectivity index is 0.914. The molecule has 2 saturated heterocycles. The zero-order valence-corrected chi connectivity index (χ0v) is 32.6. The molecule has 2 fully saturated rings. The molecule has 13 nitrogen and oxygen atoms in total. The maximum atomic E-state index is 16.1. The minimum atomic E-state index is -0.489. The van der Waals surface area contributed by atoms with Crippen LogP contribution in [0.25, 0.3) is 33.0 Å². The Labute approximate surface area is 337 Å². The zero-order valence-electron chi connectivity index (χ0n) is 32.6. The van der Waals surface area contributed by atoms with Gasteiger partial charge in [0.15, 0.2) is 0 Å². The SMILES string of the molecule is COC1CN(c2cc(N3CCOc4cc(-c5ccc(C(=O)NCC#Cc6ccc7occ(C8CCC(=O)NC8=O)c7c6)nc5)c(F)cc43)c3cc(C)c(=O)n(C)c3c2)C1. The number of anilines is 3. The standard InChI is InChI=1S/C45H39FN6O7/c1-25-15-33-37(50(2)45(25)56)17-28(51-22-29(23-51)57-3)18-38(33)52-13-14-58-41-19-31(35(46)20-39(41)52)27-7-9-36(48-21-27)44(55)47-12-4-5-26-6-10-40-32(16-26)34(24-59-40)30-8-11-42(53)49-43(30)54/h6-7,9-10,15-21,24,29-30H,8,11-14,22-23H2,1-3H3,(H,47,55)(H,49,53,54). The van der Waals surface area contributed by atoms with Gasteiger partial charge in [0.2, 0.25) is 11.8 Å². The quantitative estimate of drug-likeness (QED) is 0.158. The molecular weight excluding hydrogens is 756 g/mol. The van der Waals surface area contributed by atoms with E-state index >= 15 is 4.39 Å². The summed E-state index contributed by atoms with van der Waals surface area (Å²) in [5.41, 5.74) is 6.50. The Morgan fingerprint density at radius 1 is 1.05 bits per heavy atom. The van der Waals surface area contributed by atoms with Crippen LogP contribution in [0.4, 0.5) is 21.5 Å². The van der Waals surface area contributed by atoms with Gasteiger partial charge in [0.25, 0.3) is 11.5 Å². The Morgan fingerprint density at radius 3 is 2.68 bits per heavy atom. The number of ether oxygens (including phenoxy) is 2. The van der Waals surface area contributed by atoms with E-state index in [0.717, 1.165) is 40.8 Å². The number of amides is 3. The van der Waals surface area contributed by atoms with Crippen LogP contribution in [-0.2, 0) is 21.4 Å². The Bertz CT molecular complexity index is 2830. The highest BCUT2D eigenvalue weighted by Gasteiger charge is 2.32. The number of pyridine rings is 2. The highest BCUT2D eigenvalue weighted by molar-refractivity contribution is 6.03. The van der Waals surface area contributed by atoms with Crippen LogP contribution in [0.1, 0.15) is 45.9 Å². The average molecular weight is 795 g/mol. The second kappa shape index (κ2) is 15.1. The molecule has 2 N–H and O–H groups in total. The van der Waals surface area contributed by atoms with E-state index < -0.39 is 17.6 Å². The van der Waals surface area contributed by atoms with Crippen molar-refractivity contribution in [2.24, 2.45) is 7.05 Å². The summed E-state index contributed by atoms with van der Waals surface area (Å²) in [7, 11) is 3.47. The van der Waals surface area contributed by atoms with Gasteiger partial charge in [-0.25, -0.2) is 4.39 Å². The van der Waals surface area contributed by atoms with Gasteiger partial charge < -0.3 is 33.6 Å². The fourth-order valence-electron chi connectivity index (χ4n) is 8.03. The number of methoxy groups -OCH3 is 1. The molecule has 3 aliphatic rings. The lowest BCUT2D eigenvalue weighted by molar-refractivity contribution is -0.134. The first-order valence-corrected chi connectivity index (χ1v) is 19.3. The van der Waals surface area contributed by atoms with Crippen LogP contribution < -0.4 is 30.7 Å². The Morgan fingerprint density at radius 2 is 1.90 bits per heavy atom. The maximum Gasteiger partial charge on any atom is 0.270 e. The first-order valence-electron chi connectivity index (χ1n) is 19.3. The van der Waals surface area contributed by atoms with E-state index in [1.807, 2.05) is 23.1 Å². The Hall–Kier alpha value is -6.98. The first-order chi connectivity index (χ1) is 28.6. The van der Waals surface area contributed by atoms with Gasteiger partial charge in [-0.05, 0) is 61.9 Å². The van der Waals surface area contributed by atoms with Crippen molar-refractivity contribution in [2.75, 3.05) is 49.7 Å². The fourth-order valence-corrected chi connectivity index (χ4v) is 8.03. The molecule has 3 amide bonds. The topological polar surface area (TPSA) is 148 Å². The van der Waals surface area contributed by atoms with Gasteiger partial charge in [-0.1, -0.05) is 17.9 Å². The van der Waals surface area contributed by atoms with Gasteiger partial charge in [-0.15, -0.1) is 0 Å². The number of furan rings is 1. The lowest BCUT2D eigenvalue weighted by Crippen LogP contribution is -2.52. The number of hydrogen-bond acceptors (Lipinski definition) is 10. The van der Waals surface area contributed by atoms with E-state index in [2.05, 4.69) is 38.4 Å². The summed E-state index contributed by atoms with van der Waals surface area (Å²) in [5, 5.41) is 6.74. The van der Waals surface area contributed by atoms with E-state index in [1.54, 1.807) is 56.2 Å². The number of halogens is 1. The zero-order chi connectivity index (χ0) is 40.9. The van der Waals surface area contributed by atoms with Crippen molar-refractivity contribution in [1.82, 2.24) is 20.2 Å². The number of carbonyl (C=O) groups excluding carboxylic acids is 3. The third-order valence-corrected chi connectivity index (χ3v) is 11.3. The van der Waals surface area contributed by atoms with Crippen LogP contribution in [-0.4, -0.2) is 73.3 Å². The predicted molar refractivity (Wildman–Crippen MR) is 220 cm³/mol. The summed E-state index contributed by atoms with van der Waals surface area (Å²) in [4.78, 5) is 58.6. The van der Waals surface area contributed by atoms with Gasteiger partial charge in [0, 0.05) is 90.2 Å². The van der Waals surface area contributed by atoms with Crippen LogP contribution in [0.15, 0.2) is 82.3 Å². The summed E-state index contributed by atoms with van der Waals surface area (Å²) < 4.78 is 35.0. The summed E-state index contributed by atoms with van der Waals surface area (Å²) >= 11 is 0. The van der Waals surface area contributed by atoms with Gasteiger partial charge in [0.1, 0.15) is 29.5 Å². The molecule has 0 radical (unpaired) electrons. The van der Waals surface area contributed by atoms with Crippen LogP contribution in [0.5, 0.6) is 5.75 Å². The number of piperidine rings is 1. The second-order valence-electron chi connectivity index (χ2n) is 15.0. The first kappa shape index (κ1) is 37.6. The molecule has 14 heteroatoms. The largest absolute Gasteiger partial charge is 0.490 e. The van der Waals surface area contributed by atoms with Crippen molar-refractivity contribution in [1.29, 1.82) is 0 Å². The summed E-state index contributed by atoms with van der Waals surface area (Å²) in [6.45, 7) is 4.10. The molecule has 3 aliphatic heterocycles. The van der Waals surface area contributed by atoms with Crippen molar-refractivity contribution < 1.29 is 32.7 Å². The number of nitrogens with one attached hydrogen (secondary N) is 2. The molecule has 3 aromatic carbocycles. The molecule has 298 valence electrons. The minimum absolute atomic E-state index is 0.0404. The molecule has 59 heavy (non-hydrogen) atoms. The molecular formula is C45H39FN6O7. The molecule has 3 aromatic heterocycles. The third kappa shape index (κ3) is 6.93. The summed E-state index contributed by atoms with van der Waals surface area (Å²) in [5.74, 6) is 4.42. The van der Waals surface area contributed by atoms with Crippen LogP contribution in [0.3, 0.4) is 0 Å². The van der Waals surface area contributed by atoms with E-state index in [9.17, 15) is 19.2 Å². The van der Waals surface area contributed by atoms with Crippen molar-refractivity contribution >= 4 is 56.7 Å². The number of aryl methyl sites for hydroxylation is 2. The van der Waals surface area contributed by atoms with Gasteiger partial charge in [-0.3, -0.25) is 29.5 Å². The van der Waals surface area contributed by atoms with Gasteiger partial charge in [-0.2, -0.15) is 0 Å². The molecule has 9 rings (SSSR count). The monoisotopic (exact) mass is 794 g/mol. The van der Waals surface area contributed by atoms with Gasteiger partial charge in [0.05, 0.1) is 48.3 Å². The van der Waals surface area contributed by atoms with Gasteiger partial charge >= 0.3 is 0 Å². The van der Waals surface area contributed by atoms with Crippen LogP contribution in [0, 0.1) is 24.6 Å².